The number of sulfonamides is 1. The van der Waals surface area contributed by atoms with Gasteiger partial charge in [0.15, 0.2) is 0 Å². The molecule has 0 aliphatic carbocycles. The van der Waals surface area contributed by atoms with Crippen molar-refractivity contribution in [3.63, 3.8) is 0 Å². The quantitative estimate of drug-likeness (QED) is 0.587. The van der Waals surface area contributed by atoms with Crippen molar-refractivity contribution in [1.29, 1.82) is 0 Å². The molecular formula is C23H23FN2O3S. The van der Waals surface area contributed by atoms with Crippen LogP contribution in [0, 0.1) is 5.82 Å². The zero-order chi connectivity index (χ0) is 21.6. The van der Waals surface area contributed by atoms with Crippen LogP contribution in [0.5, 0.6) is 0 Å². The Morgan fingerprint density at radius 3 is 2.17 bits per heavy atom. The van der Waals surface area contributed by atoms with Gasteiger partial charge in [0.2, 0.25) is 15.9 Å². The minimum atomic E-state index is -3.64. The maximum Gasteiger partial charge on any atom is 0.243 e. The molecule has 7 heteroatoms. The number of amides is 1. The highest BCUT2D eigenvalue weighted by molar-refractivity contribution is 7.89. The summed E-state index contributed by atoms with van der Waals surface area (Å²) in [6.45, 7) is 0.269. The van der Waals surface area contributed by atoms with Crippen molar-refractivity contribution in [3.8, 4) is 0 Å². The third-order valence-electron chi connectivity index (χ3n) is 4.65. The van der Waals surface area contributed by atoms with Gasteiger partial charge in [-0.1, -0.05) is 42.5 Å². The van der Waals surface area contributed by atoms with E-state index in [1.807, 2.05) is 30.3 Å². The van der Waals surface area contributed by atoms with E-state index in [1.165, 1.54) is 35.6 Å². The van der Waals surface area contributed by atoms with E-state index in [-0.39, 0.29) is 29.6 Å². The third kappa shape index (κ3) is 5.75. The van der Waals surface area contributed by atoms with Crippen LogP contribution >= 0.6 is 0 Å². The number of hydrogen-bond acceptors (Lipinski definition) is 3. The zero-order valence-electron chi connectivity index (χ0n) is 16.6. The maximum absolute atomic E-state index is 12.9. The number of carbonyl (C=O) groups is 1. The molecule has 0 heterocycles. The molecule has 1 amide bonds. The standard InChI is InChI=1S/C23H23FN2O3S/c1-26(17-19-5-3-2-4-6-19)30(28,29)22-14-12-21(13-15-22)25-23(27)16-9-18-7-10-20(24)11-8-18/h2-8,10-15H,9,16-17H2,1H3,(H,25,27). The van der Waals surface area contributed by atoms with E-state index < -0.39 is 10.0 Å². The van der Waals surface area contributed by atoms with Gasteiger partial charge in [-0.05, 0) is 53.9 Å². The zero-order valence-corrected chi connectivity index (χ0v) is 17.4. The lowest BCUT2D eigenvalue weighted by Gasteiger charge is -2.17. The van der Waals surface area contributed by atoms with Gasteiger partial charge in [0.25, 0.3) is 0 Å². The summed E-state index contributed by atoms with van der Waals surface area (Å²) in [4.78, 5) is 12.3. The molecule has 0 saturated heterocycles. The highest BCUT2D eigenvalue weighted by Crippen LogP contribution is 2.19. The first-order valence-electron chi connectivity index (χ1n) is 9.49. The van der Waals surface area contributed by atoms with Crippen LogP contribution in [-0.2, 0) is 27.8 Å². The van der Waals surface area contributed by atoms with Crippen molar-refractivity contribution < 1.29 is 17.6 Å². The van der Waals surface area contributed by atoms with Crippen molar-refractivity contribution in [3.05, 3.63) is 95.8 Å². The van der Waals surface area contributed by atoms with E-state index in [1.54, 1.807) is 24.3 Å². The van der Waals surface area contributed by atoms with E-state index in [0.29, 0.717) is 12.1 Å². The van der Waals surface area contributed by atoms with Crippen molar-refractivity contribution in [1.82, 2.24) is 4.31 Å². The minimum Gasteiger partial charge on any atom is -0.326 e. The van der Waals surface area contributed by atoms with Gasteiger partial charge in [0.05, 0.1) is 4.90 Å². The number of nitrogens with zero attached hydrogens (tertiary/aromatic N) is 1. The van der Waals surface area contributed by atoms with Crippen molar-refractivity contribution in [2.45, 2.75) is 24.3 Å². The molecule has 0 fully saturated rings. The van der Waals surface area contributed by atoms with Gasteiger partial charge in [0, 0.05) is 25.7 Å². The second-order valence-corrected chi connectivity index (χ2v) is 8.99. The number of benzene rings is 3. The van der Waals surface area contributed by atoms with Crippen molar-refractivity contribution in [2.24, 2.45) is 0 Å². The predicted molar refractivity (Wildman–Crippen MR) is 115 cm³/mol. The monoisotopic (exact) mass is 426 g/mol. The fraction of sp³-hybridized carbons (Fsp3) is 0.174. The number of halogens is 1. The number of nitrogens with one attached hydrogen (secondary N) is 1. The van der Waals surface area contributed by atoms with Crippen LogP contribution in [0.2, 0.25) is 0 Å². The molecule has 1 N–H and O–H groups in total. The summed E-state index contributed by atoms with van der Waals surface area (Å²) in [5.41, 5.74) is 2.28. The lowest BCUT2D eigenvalue weighted by molar-refractivity contribution is -0.116. The lowest BCUT2D eigenvalue weighted by Crippen LogP contribution is -2.26. The normalized spacial score (nSPS) is 11.4. The van der Waals surface area contributed by atoms with E-state index in [4.69, 9.17) is 0 Å². The Kier molecular flexibility index (Phi) is 6.97. The number of carbonyl (C=O) groups excluding carboxylic acids is 1. The molecule has 0 saturated carbocycles. The van der Waals surface area contributed by atoms with Gasteiger partial charge < -0.3 is 5.32 Å². The smallest absolute Gasteiger partial charge is 0.243 e. The summed E-state index contributed by atoms with van der Waals surface area (Å²) < 4.78 is 39.7. The van der Waals surface area contributed by atoms with E-state index in [0.717, 1.165) is 11.1 Å². The van der Waals surface area contributed by atoms with Gasteiger partial charge in [-0.25, -0.2) is 12.8 Å². The number of aryl methyl sites for hydroxylation is 1. The largest absolute Gasteiger partial charge is 0.326 e. The van der Waals surface area contributed by atoms with Crippen LogP contribution < -0.4 is 5.32 Å². The average Bonchev–Trinajstić information content (AvgIpc) is 2.74. The number of anilines is 1. The summed E-state index contributed by atoms with van der Waals surface area (Å²) in [6, 6.07) is 21.5. The van der Waals surface area contributed by atoms with Crippen LogP contribution in [-0.4, -0.2) is 25.7 Å². The Labute approximate surface area is 176 Å². The average molecular weight is 427 g/mol. The molecule has 0 aliphatic rings. The molecule has 156 valence electrons. The summed E-state index contributed by atoms with van der Waals surface area (Å²) >= 11 is 0. The van der Waals surface area contributed by atoms with Gasteiger partial charge in [-0.15, -0.1) is 0 Å². The summed E-state index contributed by atoms with van der Waals surface area (Å²) in [7, 11) is -2.11. The molecule has 0 bridgehead atoms. The van der Waals surface area contributed by atoms with Gasteiger partial charge in [0.1, 0.15) is 5.82 Å². The minimum absolute atomic E-state index is 0.158. The first-order valence-corrected chi connectivity index (χ1v) is 10.9. The van der Waals surface area contributed by atoms with Crippen molar-refractivity contribution in [2.75, 3.05) is 12.4 Å². The van der Waals surface area contributed by atoms with Gasteiger partial charge in [-0.3, -0.25) is 4.79 Å². The number of rotatable bonds is 8. The van der Waals surface area contributed by atoms with E-state index in [9.17, 15) is 17.6 Å². The second kappa shape index (κ2) is 9.65. The van der Waals surface area contributed by atoms with Crippen molar-refractivity contribution >= 4 is 21.6 Å². The Balaban J connectivity index is 1.58. The highest BCUT2D eigenvalue weighted by Gasteiger charge is 2.20. The SMILES string of the molecule is CN(Cc1ccccc1)S(=O)(=O)c1ccc(NC(=O)CCc2ccc(F)cc2)cc1. The summed E-state index contributed by atoms with van der Waals surface area (Å²) in [6.07, 6.45) is 0.731. The second-order valence-electron chi connectivity index (χ2n) is 6.95. The molecule has 0 spiro atoms. The topological polar surface area (TPSA) is 66.5 Å². The molecule has 5 nitrogen and oxygen atoms in total. The first kappa shape index (κ1) is 21.7. The van der Waals surface area contributed by atoms with Crippen LogP contribution in [0.3, 0.4) is 0 Å². The molecule has 3 rings (SSSR count). The molecule has 0 aromatic heterocycles. The van der Waals surface area contributed by atoms with Gasteiger partial charge >= 0.3 is 0 Å². The van der Waals surface area contributed by atoms with Gasteiger partial charge in [-0.2, -0.15) is 4.31 Å². The third-order valence-corrected chi connectivity index (χ3v) is 6.47. The first-order chi connectivity index (χ1) is 14.3. The molecule has 3 aromatic rings. The fourth-order valence-corrected chi connectivity index (χ4v) is 4.11. The van der Waals surface area contributed by atoms with Crippen LogP contribution in [0.15, 0.2) is 83.8 Å². The van der Waals surface area contributed by atoms with Crippen LogP contribution in [0.4, 0.5) is 10.1 Å². The van der Waals surface area contributed by atoms with E-state index >= 15 is 0 Å². The fourth-order valence-electron chi connectivity index (χ4n) is 2.95. The maximum atomic E-state index is 12.9. The summed E-state index contributed by atoms with van der Waals surface area (Å²) in [5.74, 6) is -0.510. The van der Waals surface area contributed by atoms with Crippen LogP contribution in [0.1, 0.15) is 17.5 Å². The highest BCUT2D eigenvalue weighted by atomic mass is 32.2. The molecule has 3 aromatic carbocycles. The number of hydrogen-bond donors (Lipinski definition) is 1. The molecule has 0 aliphatic heterocycles. The molecule has 0 atom stereocenters. The Hall–Kier alpha value is -3.03. The molecular weight excluding hydrogens is 403 g/mol. The Bertz CT molecular complexity index is 1080. The summed E-state index contributed by atoms with van der Waals surface area (Å²) in [5, 5.41) is 2.75. The molecule has 30 heavy (non-hydrogen) atoms. The van der Waals surface area contributed by atoms with E-state index in [2.05, 4.69) is 5.32 Å². The molecule has 0 radical (unpaired) electrons. The predicted octanol–water partition coefficient (Wildman–Crippen LogP) is 4.22. The Morgan fingerprint density at radius 1 is 0.900 bits per heavy atom. The van der Waals surface area contributed by atoms with Crippen LogP contribution in [0.25, 0.3) is 0 Å². The Morgan fingerprint density at radius 2 is 1.53 bits per heavy atom. The molecule has 0 unspecified atom stereocenters. The lowest BCUT2D eigenvalue weighted by atomic mass is 10.1.